The molecule has 0 aliphatic heterocycles. The summed E-state index contributed by atoms with van der Waals surface area (Å²) < 4.78 is 27.8. The molecule has 0 spiro atoms. The largest absolute Gasteiger partial charge is 0.318 e. The molecule has 1 aromatic heterocycles. The van der Waals surface area contributed by atoms with Crippen molar-refractivity contribution in [3.63, 3.8) is 0 Å². The van der Waals surface area contributed by atoms with Gasteiger partial charge in [0.25, 0.3) is 5.91 Å². The molecule has 0 saturated heterocycles. The van der Waals surface area contributed by atoms with E-state index in [4.69, 9.17) is 0 Å². The summed E-state index contributed by atoms with van der Waals surface area (Å²) in [5.74, 6) is -0.524. The van der Waals surface area contributed by atoms with E-state index >= 15 is 0 Å². The number of hydrazone groups is 1. The number of carbonyl (C=O) groups is 1. The summed E-state index contributed by atoms with van der Waals surface area (Å²) in [5.41, 5.74) is 10.4. The molecule has 1 amide bonds. The Bertz CT molecular complexity index is 1320. The van der Waals surface area contributed by atoms with E-state index in [9.17, 15) is 13.2 Å². The Labute approximate surface area is 202 Å². The number of amides is 1. The van der Waals surface area contributed by atoms with Crippen LogP contribution in [0.3, 0.4) is 0 Å². The molecule has 1 heterocycles. The van der Waals surface area contributed by atoms with Gasteiger partial charge in [0.15, 0.2) is 0 Å². The number of hydrogen-bond donors (Lipinski definition) is 1. The van der Waals surface area contributed by atoms with Gasteiger partial charge >= 0.3 is 0 Å². The first-order chi connectivity index (χ1) is 16.0. The van der Waals surface area contributed by atoms with E-state index < -0.39 is 15.9 Å². The molecule has 0 aliphatic carbocycles. The fourth-order valence-corrected chi connectivity index (χ4v) is 4.84. The zero-order chi connectivity index (χ0) is 25.0. The van der Waals surface area contributed by atoms with E-state index in [0.29, 0.717) is 5.69 Å². The molecule has 0 aliphatic rings. The minimum Gasteiger partial charge on any atom is -0.318 e. The van der Waals surface area contributed by atoms with Gasteiger partial charge in [0, 0.05) is 22.6 Å². The Balaban J connectivity index is 1.75. The standard InChI is InChI=1S/C26H32N4O3S/c1-7-22-9-11-24(12-10-22)29(34(6,32)33)17-26(31)28-27-16-23-15-20(4)30(21(23)5)25-13-8-18(2)14-19(25)3/h8-16H,7,17H2,1-6H3,(H,28,31)/b27-16-. The van der Waals surface area contributed by atoms with Gasteiger partial charge in [-0.1, -0.05) is 36.8 Å². The van der Waals surface area contributed by atoms with Crippen molar-refractivity contribution in [2.75, 3.05) is 17.1 Å². The predicted octanol–water partition coefficient (Wildman–Crippen LogP) is 4.19. The average Bonchev–Trinajstić information content (AvgIpc) is 3.04. The Morgan fingerprint density at radius 2 is 1.74 bits per heavy atom. The fraction of sp³-hybridized carbons (Fsp3) is 0.308. The maximum absolute atomic E-state index is 12.5. The first kappa shape index (κ1) is 25.2. The van der Waals surface area contributed by atoms with Gasteiger partial charge in [0.1, 0.15) is 6.54 Å². The smallest absolute Gasteiger partial charge is 0.260 e. The van der Waals surface area contributed by atoms with Crippen molar-refractivity contribution >= 4 is 27.8 Å². The lowest BCUT2D eigenvalue weighted by Gasteiger charge is -2.21. The summed E-state index contributed by atoms with van der Waals surface area (Å²) in [6, 6.07) is 15.5. The highest BCUT2D eigenvalue weighted by Crippen LogP contribution is 2.23. The van der Waals surface area contributed by atoms with Crippen molar-refractivity contribution in [3.8, 4) is 5.69 Å². The van der Waals surface area contributed by atoms with Crippen LogP contribution in [0.5, 0.6) is 0 Å². The third kappa shape index (κ3) is 5.75. The van der Waals surface area contributed by atoms with Crippen LogP contribution in [-0.2, 0) is 21.2 Å². The molecule has 0 saturated carbocycles. The molecule has 0 fully saturated rings. The second kappa shape index (κ2) is 10.3. The van der Waals surface area contributed by atoms with Crippen LogP contribution in [0.4, 0.5) is 5.69 Å². The Morgan fingerprint density at radius 3 is 2.32 bits per heavy atom. The van der Waals surface area contributed by atoms with E-state index in [1.807, 2.05) is 39.0 Å². The van der Waals surface area contributed by atoms with Crippen molar-refractivity contribution in [3.05, 3.63) is 82.2 Å². The number of aryl methyl sites for hydroxylation is 4. The van der Waals surface area contributed by atoms with E-state index in [1.165, 1.54) is 11.1 Å². The summed E-state index contributed by atoms with van der Waals surface area (Å²) in [6.45, 7) is 9.84. The quantitative estimate of drug-likeness (QED) is 0.388. The number of hydrogen-bond acceptors (Lipinski definition) is 4. The number of nitrogens with zero attached hydrogens (tertiary/aromatic N) is 3. The van der Waals surface area contributed by atoms with Gasteiger partial charge in [-0.15, -0.1) is 0 Å². The molecule has 0 radical (unpaired) electrons. The maximum Gasteiger partial charge on any atom is 0.260 e. The number of sulfonamides is 1. The predicted molar refractivity (Wildman–Crippen MR) is 138 cm³/mol. The van der Waals surface area contributed by atoms with Crippen LogP contribution in [0.2, 0.25) is 0 Å². The third-order valence-corrected chi connectivity index (χ3v) is 6.92. The van der Waals surface area contributed by atoms with Crippen LogP contribution in [0.15, 0.2) is 53.6 Å². The lowest BCUT2D eigenvalue weighted by Crippen LogP contribution is -2.39. The molecule has 1 N–H and O–H groups in total. The zero-order valence-corrected chi connectivity index (χ0v) is 21.4. The molecule has 0 bridgehead atoms. The summed E-state index contributed by atoms with van der Waals surface area (Å²) in [4.78, 5) is 12.5. The summed E-state index contributed by atoms with van der Waals surface area (Å²) in [5, 5.41) is 4.08. The average molecular weight is 481 g/mol. The van der Waals surface area contributed by atoms with E-state index in [2.05, 4.69) is 47.1 Å². The molecule has 180 valence electrons. The van der Waals surface area contributed by atoms with Crippen molar-refractivity contribution in [2.24, 2.45) is 5.10 Å². The molecule has 2 aromatic carbocycles. The summed E-state index contributed by atoms with van der Waals surface area (Å²) in [6.07, 6.45) is 3.51. The third-order valence-electron chi connectivity index (χ3n) is 5.78. The van der Waals surface area contributed by atoms with Crippen LogP contribution in [-0.4, -0.2) is 37.9 Å². The van der Waals surface area contributed by atoms with Crippen molar-refractivity contribution in [1.29, 1.82) is 0 Å². The summed E-state index contributed by atoms with van der Waals surface area (Å²) in [7, 11) is -3.64. The first-order valence-corrected chi connectivity index (χ1v) is 13.0. The monoisotopic (exact) mass is 480 g/mol. The van der Waals surface area contributed by atoms with Crippen LogP contribution in [0.1, 0.15) is 40.6 Å². The normalized spacial score (nSPS) is 11.7. The molecular formula is C26H32N4O3S. The summed E-state index contributed by atoms with van der Waals surface area (Å²) >= 11 is 0. The lowest BCUT2D eigenvalue weighted by molar-refractivity contribution is -0.119. The molecule has 34 heavy (non-hydrogen) atoms. The van der Waals surface area contributed by atoms with Crippen LogP contribution in [0, 0.1) is 27.7 Å². The van der Waals surface area contributed by atoms with Gasteiger partial charge in [0.2, 0.25) is 10.0 Å². The number of rotatable bonds is 8. The number of benzene rings is 2. The van der Waals surface area contributed by atoms with Crippen LogP contribution in [0.25, 0.3) is 5.69 Å². The molecule has 8 heteroatoms. The van der Waals surface area contributed by atoms with Crippen LogP contribution < -0.4 is 9.73 Å². The topological polar surface area (TPSA) is 83.8 Å². The van der Waals surface area contributed by atoms with Gasteiger partial charge in [0.05, 0.1) is 18.2 Å². The SMILES string of the molecule is CCc1ccc(N(CC(=O)N/N=C\c2cc(C)n(-c3ccc(C)cc3C)c2C)S(C)(=O)=O)cc1. The Kier molecular flexibility index (Phi) is 7.61. The first-order valence-electron chi connectivity index (χ1n) is 11.2. The number of nitrogens with one attached hydrogen (secondary N) is 1. The van der Waals surface area contributed by atoms with Gasteiger partial charge in [-0.25, -0.2) is 13.8 Å². The van der Waals surface area contributed by atoms with Crippen LogP contribution >= 0.6 is 0 Å². The minimum absolute atomic E-state index is 0.358. The van der Waals surface area contributed by atoms with E-state index in [1.54, 1.807) is 18.3 Å². The van der Waals surface area contributed by atoms with Crippen molar-refractivity contribution in [2.45, 2.75) is 41.0 Å². The zero-order valence-electron chi connectivity index (χ0n) is 20.6. The van der Waals surface area contributed by atoms with E-state index in [-0.39, 0.29) is 6.54 Å². The maximum atomic E-state index is 12.5. The molecule has 0 unspecified atom stereocenters. The minimum atomic E-state index is -3.64. The van der Waals surface area contributed by atoms with Gasteiger partial charge in [-0.3, -0.25) is 9.10 Å². The molecule has 3 rings (SSSR count). The second-order valence-electron chi connectivity index (χ2n) is 8.53. The molecule has 7 nitrogen and oxygen atoms in total. The van der Waals surface area contributed by atoms with Gasteiger partial charge in [-0.05, 0) is 69.5 Å². The molecule has 3 aromatic rings. The highest BCUT2D eigenvalue weighted by molar-refractivity contribution is 7.92. The molecular weight excluding hydrogens is 448 g/mol. The number of carbonyl (C=O) groups excluding carboxylic acids is 1. The lowest BCUT2D eigenvalue weighted by atomic mass is 10.1. The highest BCUT2D eigenvalue weighted by atomic mass is 32.2. The highest BCUT2D eigenvalue weighted by Gasteiger charge is 2.20. The van der Waals surface area contributed by atoms with Crippen molar-refractivity contribution < 1.29 is 13.2 Å². The Morgan fingerprint density at radius 1 is 1.06 bits per heavy atom. The Hall–Kier alpha value is -3.39. The molecule has 0 atom stereocenters. The van der Waals surface area contributed by atoms with Gasteiger partial charge in [-0.2, -0.15) is 5.10 Å². The fourth-order valence-electron chi connectivity index (χ4n) is 3.98. The van der Waals surface area contributed by atoms with Crippen molar-refractivity contribution in [1.82, 2.24) is 9.99 Å². The second-order valence-corrected chi connectivity index (χ2v) is 10.4. The number of anilines is 1. The van der Waals surface area contributed by atoms with E-state index in [0.717, 1.165) is 45.2 Å². The number of aromatic nitrogens is 1. The van der Waals surface area contributed by atoms with Gasteiger partial charge < -0.3 is 4.57 Å².